The van der Waals surface area contributed by atoms with Gasteiger partial charge in [0.05, 0.1) is 24.7 Å². The lowest BCUT2D eigenvalue weighted by Crippen LogP contribution is -1.94. The van der Waals surface area contributed by atoms with Crippen molar-refractivity contribution in [1.82, 2.24) is 19.4 Å². The van der Waals surface area contributed by atoms with Gasteiger partial charge in [-0.05, 0) is 24.3 Å². The topological polar surface area (TPSA) is 64.3 Å². The number of nitrogens with zero attached hydrogens (tertiary/aromatic N) is 4. The van der Waals surface area contributed by atoms with E-state index >= 15 is 0 Å². The molecule has 0 aliphatic carbocycles. The average Bonchev–Trinajstić information content (AvgIpc) is 3.21. The smallest absolute Gasteiger partial charge is 0.234 e. The van der Waals surface area contributed by atoms with E-state index < -0.39 is 0 Å². The van der Waals surface area contributed by atoms with Gasteiger partial charge in [0.1, 0.15) is 11.4 Å². The third kappa shape index (κ3) is 2.68. The fraction of sp³-hybridized carbons (Fsp3) is 0.0625. The van der Waals surface area contributed by atoms with Gasteiger partial charge in [0.2, 0.25) is 5.78 Å². The minimum Gasteiger partial charge on any atom is -0.495 e. The third-order valence-electron chi connectivity index (χ3n) is 3.46. The summed E-state index contributed by atoms with van der Waals surface area (Å²) in [6.45, 7) is 0. The van der Waals surface area contributed by atoms with Crippen LogP contribution in [0.25, 0.3) is 17.2 Å². The number of fused-ring (bicyclic) bond motifs is 1. The summed E-state index contributed by atoms with van der Waals surface area (Å²) in [4.78, 5) is 13.1. The van der Waals surface area contributed by atoms with E-state index in [-0.39, 0.29) is 0 Å². The van der Waals surface area contributed by atoms with Crippen LogP contribution in [0.2, 0.25) is 5.02 Å². The molecule has 1 N–H and O–H groups in total. The number of nitrogens with one attached hydrogen (secondary N) is 1. The highest BCUT2D eigenvalue weighted by atomic mass is 35.5. The lowest BCUT2D eigenvalue weighted by molar-refractivity contribution is 0.417. The number of imidazole rings is 1. The Bertz CT molecular complexity index is 1010. The van der Waals surface area contributed by atoms with Crippen molar-refractivity contribution in [3.63, 3.8) is 0 Å². The molecule has 0 atom stereocenters. The van der Waals surface area contributed by atoms with Gasteiger partial charge < -0.3 is 10.1 Å². The molecule has 0 saturated heterocycles. The van der Waals surface area contributed by atoms with Crippen LogP contribution in [0.15, 0.2) is 48.2 Å². The highest BCUT2D eigenvalue weighted by molar-refractivity contribution is 7.14. The molecule has 8 heteroatoms. The standard InChI is InChI=1S/C16H12ClN5OS/c1-23-14-4-3-10(17)7-11(14)20-16-21-12(9-24-16)13-8-19-15-18-5-2-6-22(13)15/h2-9H,1H3,(H,20,21). The summed E-state index contributed by atoms with van der Waals surface area (Å²) in [5.41, 5.74) is 2.48. The molecule has 24 heavy (non-hydrogen) atoms. The summed E-state index contributed by atoms with van der Waals surface area (Å²) in [7, 11) is 1.62. The number of methoxy groups -OCH3 is 1. The molecule has 4 rings (SSSR count). The van der Waals surface area contributed by atoms with Crippen molar-refractivity contribution in [3.8, 4) is 17.1 Å². The summed E-state index contributed by atoms with van der Waals surface area (Å²) in [6.07, 6.45) is 5.39. The summed E-state index contributed by atoms with van der Waals surface area (Å²) in [5.74, 6) is 1.35. The van der Waals surface area contributed by atoms with E-state index in [0.717, 1.165) is 22.2 Å². The fourth-order valence-corrected chi connectivity index (χ4v) is 3.25. The monoisotopic (exact) mass is 357 g/mol. The van der Waals surface area contributed by atoms with E-state index in [0.29, 0.717) is 16.5 Å². The van der Waals surface area contributed by atoms with Crippen LogP contribution >= 0.6 is 22.9 Å². The Labute approximate surface area is 146 Å². The Balaban J connectivity index is 1.67. The van der Waals surface area contributed by atoms with Crippen molar-refractivity contribution in [1.29, 1.82) is 0 Å². The highest BCUT2D eigenvalue weighted by Gasteiger charge is 2.12. The lowest BCUT2D eigenvalue weighted by Gasteiger charge is -2.09. The van der Waals surface area contributed by atoms with Crippen LogP contribution in [-0.2, 0) is 0 Å². The number of rotatable bonds is 4. The van der Waals surface area contributed by atoms with Gasteiger partial charge in [0.15, 0.2) is 5.13 Å². The van der Waals surface area contributed by atoms with Crippen LogP contribution < -0.4 is 10.1 Å². The predicted octanol–water partition coefficient (Wildman–Crippen LogP) is 4.26. The van der Waals surface area contributed by atoms with E-state index in [1.165, 1.54) is 11.3 Å². The van der Waals surface area contributed by atoms with Crippen molar-refractivity contribution in [2.45, 2.75) is 0 Å². The molecule has 0 unspecified atom stereocenters. The van der Waals surface area contributed by atoms with Crippen LogP contribution in [0.3, 0.4) is 0 Å². The first kappa shape index (κ1) is 14.9. The molecule has 0 bridgehead atoms. The Hall–Kier alpha value is -2.64. The summed E-state index contributed by atoms with van der Waals surface area (Å²) in [5, 5.41) is 6.58. The second-order valence-corrected chi connectivity index (χ2v) is 6.24. The Kier molecular flexibility index (Phi) is 3.79. The number of aromatic nitrogens is 4. The quantitative estimate of drug-likeness (QED) is 0.591. The van der Waals surface area contributed by atoms with Gasteiger partial charge in [-0.3, -0.25) is 4.40 Å². The first-order valence-corrected chi connectivity index (χ1v) is 8.35. The van der Waals surface area contributed by atoms with E-state index in [1.54, 1.807) is 31.6 Å². The number of benzene rings is 1. The van der Waals surface area contributed by atoms with Gasteiger partial charge in [-0.15, -0.1) is 11.3 Å². The molecule has 120 valence electrons. The zero-order valence-corrected chi connectivity index (χ0v) is 14.2. The maximum absolute atomic E-state index is 6.06. The highest BCUT2D eigenvalue weighted by Crippen LogP contribution is 2.33. The molecule has 1 aromatic carbocycles. The minimum atomic E-state index is 0.628. The molecule has 3 heterocycles. The van der Waals surface area contributed by atoms with Crippen LogP contribution in [0.4, 0.5) is 10.8 Å². The molecule has 4 aromatic rings. The molecule has 0 spiro atoms. The SMILES string of the molecule is COc1ccc(Cl)cc1Nc1nc(-c2cnc3ncccn23)cs1. The Morgan fingerprint density at radius 1 is 1.29 bits per heavy atom. The first-order chi connectivity index (χ1) is 11.7. The van der Waals surface area contributed by atoms with Gasteiger partial charge >= 0.3 is 0 Å². The largest absolute Gasteiger partial charge is 0.495 e. The number of hydrogen-bond acceptors (Lipinski definition) is 6. The van der Waals surface area contributed by atoms with E-state index in [1.807, 2.05) is 28.1 Å². The second-order valence-electron chi connectivity index (χ2n) is 4.94. The molecule has 0 saturated carbocycles. The number of ether oxygens (including phenoxy) is 1. The van der Waals surface area contributed by atoms with Crippen LogP contribution in [0, 0.1) is 0 Å². The maximum Gasteiger partial charge on any atom is 0.234 e. The molecule has 6 nitrogen and oxygen atoms in total. The van der Waals surface area contributed by atoms with Gasteiger partial charge in [-0.2, -0.15) is 0 Å². The van der Waals surface area contributed by atoms with Gasteiger partial charge in [-0.25, -0.2) is 15.0 Å². The van der Waals surface area contributed by atoms with Crippen molar-refractivity contribution in [2.75, 3.05) is 12.4 Å². The summed E-state index contributed by atoms with van der Waals surface area (Å²) in [6, 6.07) is 7.26. The van der Waals surface area contributed by atoms with Crippen LogP contribution in [0.1, 0.15) is 0 Å². The first-order valence-electron chi connectivity index (χ1n) is 7.09. The molecule has 0 amide bonds. The Morgan fingerprint density at radius 2 is 2.21 bits per heavy atom. The normalized spacial score (nSPS) is 10.9. The van der Waals surface area contributed by atoms with Crippen molar-refractivity contribution in [2.24, 2.45) is 0 Å². The molecular weight excluding hydrogens is 346 g/mol. The molecule has 3 aromatic heterocycles. The summed E-state index contributed by atoms with van der Waals surface area (Å²) >= 11 is 7.55. The number of thiazole rings is 1. The van der Waals surface area contributed by atoms with Crippen LogP contribution in [0.5, 0.6) is 5.75 Å². The zero-order valence-electron chi connectivity index (χ0n) is 12.6. The molecule has 0 fully saturated rings. The van der Waals surface area contributed by atoms with E-state index in [4.69, 9.17) is 16.3 Å². The predicted molar refractivity (Wildman–Crippen MR) is 95.4 cm³/mol. The Morgan fingerprint density at radius 3 is 3.08 bits per heavy atom. The zero-order chi connectivity index (χ0) is 16.5. The summed E-state index contributed by atoms with van der Waals surface area (Å²) < 4.78 is 7.24. The fourth-order valence-electron chi connectivity index (χ4n) is 2.36. The number of halogens is 1. The molecular formula is C16H12ClN5OS. The minimum absolute atomic E-state index is 0.628. The van der Waals surface area contributed by atoms with E-state index in [2.05, 4.69) is 20.3 Å². The average molecular weight is 358 g/mol. The molecule has 0 aliphatic heterocycles. The number of hydrogen-bond donors (Lipinski definition) is 1. The maximum atomic E-state index is 6.06. The number of anilines is 2. The van der Waals surface area contributed by atoms with Gasteiger partial charge in [-0.1, -0.05) is 11.6 Å². The third-order valence-corrected chi connectivity index (χ3v) is 4.45. The molecule has 0 radical (unpaired) electrons. The van der Waals surface area contributed by atoms with Crippen molar-refractivity contribution >= 4 is 39.5 Å². The molecule has 0 aliphatic rings. The van der Waals surface area contributed by atoms with Gasteiger partial charge in [0, 0.05) is 22.8 Å². The van der Waals surface area contributed by atoms with E-state index in [9.17, 15) is 0 Å². The lowest BCUT2D eigenvalue weighted by atomic mass is 10.3. The second kappa shape index (κ2) is 6.10. The van der Waals surface area contributed by atoms with Gasteiger partial charge in [0.25, 0.3) is 0 Å². The van der Waals surface area contributed by atoms with Crippen molar-refractivity contribution in [3.05, 3.63) is 53.3 Å². The van der Waals surface area contributed by atoms with Crippen molar-refractivity contribution < 1.29 is 4.74 Å². The van der Waals surface area contributed by atoms with Crippen LogP contribution in [-0.4, -0.2) is 26.5 Å².